The molecule has 1 rings (SSSR count). The van der Waals surface area contributed by atoms with Crippen molar-refractivity contribution in [3.63, 3.8) is 0 Å². The van der Waals surface area contributed by atoms with Crippen LogP contribution in [-0.2, 0) is 9.63 Å². The largest absolute Gasteiger partial charge is 0.397 e. The topological polar surface area (TPSA) is 67.6 Å². The summed E-state index contributed by atoms with van der Waals surface area (Å²) in [5.41, 5.74) is 6.64. The lowest BCUT2D eigenvalue weighted by molar-refractivity contribution is -0.137. The number of nitrogens with one attached hydrogen (secondary N) is 1. The van der Waals surface area contributed by atoms with Crippen LogP contribution in [-0.4, -0.2) is 31.7 Å². The number of anilines is 2. The van der Waals surface area contributed by atoms with Gasteiger partial charge in [0.2, 0.25) is 5.91 Å². The average molecular weight is 244 g/mol. The van der Waals surface area contributed by atoms with Crippen LogP contribution in [0.5, 0.6) is 0 Å². The summed E-state index contributed by atoms with van der Waals surface area (Å²) >= 11 is 5.76. The standard InChI is InChI=1S/C10H14ClN3O2/c1-14(16-2)6-10(15)13-7-3-4-8(11)9(12)5-7/h3-5H,6,12H2,1-2H3,(H,13,15). The van der Waals surface area contributed by atoms with Crippen molar-refractivity contribution in [2.75, 3.05) is 31.8 Å². The first-order valence-corrected chi connectivity index (χ1v) is 5.01. The molecule has 0 aliphatic rings. The summed E-state index contributed by atoms with van der Waals surface area (Å²) in [5.74, 6) is -0.189. The summed E-state index contributed by atoms with van der Waals surface area (Å²) in [5, 5.41) is 4.55. The van der Waals surface area contributed by atoms with Crippen LogP contribution in [0.25, 0.3) is 0 Å². The maximum absolute atomic E-state index is 11.5. The van der Waals surface area contributed by atoms with Crippen molar-refractivity contribution < 1.29 is 9.63 Å². The first-order valence-electron chi connectivity index (χ1n) is 4.63. The molecule has 0 aromatic heterocycles. The van der Waals surface area contributed by atoms with E-state index < -0.39 is 0 Å². The second-order valence-corrected chi connectivity index (χ2v) is 3.66. The number of likely N-dealkylation sites (N-methyl/N-ethyl adjacent to an activating group) is 1. The summed E-state index contributed by atoms with van der Waals surface area (Å²) in [6.45, 7) is 0.138. The van der Waals surface area contributed by atoms with Crippen molar-refractivity contribution in [3.8, 4) is 0 Å². The van der Waals surface area contributed by atoms with E-state index in [0.29, 0.717) is 16.4 Å². The van der Waals surface area contributed by atoms with E-state index in [1.54, 1.807) is 25.2 Å². The van der Waals surface area contributed by atoms with Gasteiger partial charge in [0.05, 0.1) is 17.8 Å². The Morgan fingerprint density at radius 2 is 2.31 bits per heavy atom. The van der Waals surface area contributed by atoms with E-state index in [0.717, 1.165) is 0 Å². The van der Waals surface area contributed by atoms with Crippen LogP contribution in [0.4, 0.5) is 11.4 Å². The highest BCUT2D eigenvalue weighted by Gasteiger charge is 2.06. The molecule has 6 heteroatoms. The lowest BCUT2D eigenvalue weighted by atomic mass is 10.3. The maximum atomic E-state index is 11.5. The molecule has 88 valence electrons. The van der Waals surface area contributed by atoms with Gasteiger partial charge >= 0.3 is 0 Å². The molecular weight excluding hydrogens is 230 g/mol. The van der Waals surface area contributed by atoms with E-state index in [4.69, 9.17) is 22.2 Å². The molecule has 0 spiro atoms. The molecule has 0 saturated heterocycles. The van der Waals surface area contributed by atoms with Gasteiger partial charge in [0.1, 0.15) is 6.54 Å². The molecule has 0 saturated carbocycles. The molecule has 0 atom stereocenters. The quantitative estimate of drug-likeness (QED) is 0.619. The Labute approximate surface area is 99.1 Å². The number of nitrogen functional groups attached to an aromatic ring is 1. The fourth-order valence-electron chi connectivity index (χ4n) is 1.09. The van der Waals surface area contributed by atoms with E-state index in [1.165, 1.54) is 12.2 Å². The average Bonchev–Trinajstić information content (AvgIpc) is 2.23. The van der Waals surface area contributed by atoms with Crippen LogP contribution >= 0.6 is 11.6 Å². The molecule has 1 aromatic rings. The first-order chi connectivity index (χ1) is 7.52. The van der Waals surface area contributed by atoms with Crippen molar-refractivity contribution in [1.82, 2.24) is 5.06 Å². The molecule has 3 N–H and O–H groups in total. The Bertz CT molecular complexity index is 384. The van der Waals surface area contributed by atoms with Gasteiger partial charge in [-0.3, -0.25) is 4.79 Å². The molecular formula is C10H14ClN3O2. The summed E-state index contributed by atoms with van der Waals surface area (Å²) in [6, 6.07) is 4.92. The van der Waals surface area contributed by atoms with E-state index in [1.807, 2.05) is 0 Å². The third-order valence-corrected chi connectivity index (χ3v) is 2.30. The third-order valence-electron chi connectivity index (χ3n) is 1.96. The SMILES string of the molecule is CON(C)CC(=O)Nc1ccc(Cl)c(N)c1. The summed E-state index contributed by atoms with van der Waals surface area (Å²) in [4.78, 5) is 16.3. The fraction of sp³-hybridized carbons (Fsp3) is 0.300. The molecule has 0 aliphatic carbocycles. The molecule has 0 radical (unpaired) electrons. The first kappa shape index (κ1) is 12.8. The Kier molecular flexibility index (Phi) is 4.54. The minimum absolute atomic E-state index is 0.138. The number of nitrogens with two attached hydrogens (primary N) is 1. The molecule has 0 bridgehead atoms. The van der Waals surface area contributed by atoms with Gasteiger partial charge in [-0.1, -0.05) is 11.6 Å². The zero-order valence-electron chi connectivity index (χ0n) is 9.16. The number of amides is 1. The van der Waals surface area contributed by atoms with Crippen molar-refractivity contribution in [2.24, 2.45) is 0 Å². The Balaban J connectivity index is 2.59. The van der Waals surface area contributed by atoms with Crippen LogP contribution in [0.2, 0.25) is 5.02 Å². The second kappa shape index (κ2) is 5.69. The van der Waals surface area contributed by atoms with Gasteiger partial charge in [-0.2, -0.15) is 5.06 Å². The van der Waals surface area contributed by atoms with E-state index in [9.17, 15) is 4.79 Å². The predicted octanol–water partition coefficient (Wildman–Crippen LogP) is 1.35. The van der Waals surface area contributed by atoms with E-state index in [-0.39, 0.29) is 12.5 Å². The van der Waals surface area contributed by atoms with Gasteiger partial charge in [0, 0.05) is 12.7 Å². The van der Waals surface area contributed by atoms with Crippen LogP contribution < -0.4 is 11.1 Å². The Morgan fingerprint density at radius 3 is 2.88 bits per heavy atom. The van der Waals surface area contributed by atoms with Crippen LogP contribution in [0.1, 0.15) is 0 Å². The highest BCUT2D eigenvalue weighted by atomic mass is 35.5. The van der Waals surface area contributed by atoms with Crippen molar-refractivity contribution in [2.45, 2.75) is 0 Å². The summed E-state index contributed by atoms with van der Waals surface area (Å²) in [6.07, 6.45) is 0. The predicted molar refractivity (Wildman–Crippen MR) is 64.1 cm³/mol. The summed E-state index contributed by atoms with van der Waals surface area (Å²) in [7, 11) is 3.16. The van der Waals surface area contributed by atoms with Crippen molar-refractivity contribution >= 4 is 28.9 Å². The van der Waals surface area contributed by atoms with Crippen LogP contribution in [0, 0.1) is 0 Å². The number of carbonyl (C=O) groups is 1. The monoisotopic (exact) mass is 243 g/mol. The normalized spacial score (nSPS) is 10.5. The maximum Gasteiger partial charge on any atom is 0.240 e. The van der Waals surface area contributed by atoms with Gasteiger partial charge in [0.25, 0.3) is 0 Å². The number of hydroxylamine groups is 2. The zero-order valence-corrected chi connectivity index (χ0v) is 9.91. The minimum atomic E-state index is -0.189. The molecule has 0 unspecified atom stereocenters. The van der Waals surface area contributed by atoms with Crippen molar-refractivity contribution in [1.29, 1.82) is 0 Å². The zero-order chi connectivity index (χ0) is 12.1. The molecule has 0 fully saturated rings. The Hall–Kier alpha value is -1.30. The highest BCUT2D eigenvalue weighted by Crippen LogP contribution is 2.22. The number of rotatable bonds is 4. The van der Waals surface area contributed by atoms with Gasteiger partial charge in [-0.15, -0.1) is 0 Å². The van der Waals surface area contributed by atoms with E-state index >= 15 is 0 Å². The van der Waals surface area contributed by atoms with Gasteiger partial charge in [-0.05, 0) is 18.2 Å². The summed E-state index contributed by atoms with van der Waals surface area (Å²) < 4.78 is 0. The lowest BCUT2D eigenvalue weighted by Crippen LogP contribution is -2.29. The molecule has 5 nitrogen and oxygen atoms in total. The number of carbonyl (C=O) groups excluding carboxylic acids is 1. The molecule has 0 aliphatic heterocycles. The van der Waals surface area contributed by atoms with Gasteiger partial charge < -0.3 is 15.9 Å². The van der Waals surface area contributed by atoms with Gasteiger partial charge in [0.15, 0.2) is 0 Å². The van der Waals surface area contributed by atoms with Crippen LogP contribution in [0.15, 0.2) is 18.2 Å². The fourth-order valence-corrected chi connectivity index (χ4v) is 1.21. The van der Waals surface area contributed by atoms with E-state index in [2.05, 4.69) is 5.32 Å². The third kappa shape index (κ3) is 3.69. The molecule has 1 amide bonds. The number of halogens is 1. The lowest BCUT2D eigenvalue weighted by Gasteiger charge is -2.13. The number of benzene rings is 1. The molecule has 0 heterocycles. The smallest absolute Gasteiger partial charge is 0.240 e. The van der Waals surface area contributed by atoms with Gasteiger partial charge in [-0.25, -0.2) is 0 Å². The minimum Gasteiger partial charge on any atom is -0.397 e. The second-order valence-electron chi connectivity index (χ2n) is 3.25. The number of hydrogen-bond donors (Lipinski definition) is 2. The number of hydrogen-bond acceptors (Lipinski definition) is 4. The van der Waals surface area contributed by atoms with Crippen molar-refractivity contribution in [3.05, 3.63) is 23.2 Å². The number of nitrogens with zero attached hydrogens (tertiary/aromatic N) is 1. The highest BCUT2D eigenvalue weighted by molar-refractivity contribution is 6.33. The molecule has 16 heavy (non-hydrogen) atoms. The van der Waals surface area contributed by atoms with Crippen LogP contribution in [0.3, 0.4) is 0 Å². The Morgan fingerprint density at radius 1 is 1.62 bits per heavy atom. The molecule has 1 aromatic carbocycles.